The lowest BCUT2D eigenvalue weighted by atomic mass is 9.90. The summed E-state index contributed by atoms with van der Waals surface area (Å²) in [4.78, 5) is 47.0. The fourth-order valence-electron chi connectivity index (χ4n) is 10.2. The number of carbonyl (C=O) groups is 1. The lowest BCUT2D eigenvalue weighted by Gasteiger charge is -2.34. The molecule has 16 nitrogen and oxygen atoms in total. The minimum Gasteiger partial charge on any atom is -0.387 e. The van der Waals surface area contributed by atoms with E-state index in [1.165, 1.54) is 9.13 Å². The topological polar surface area (TPSA) is 180 Å². The van der Waals surface area contributed by atoms with Crippen molar-refractivity contribution in [2.75, 3.05) is 44.4 Å². The van der Waals surface area contributed by atoms with E-state index in [0.29, 0.717) is 101 Å². The fraction of sp³-hybridized carbons (Fsp3) is 0.404. The summed E-state index contributed by atoms with van der Waals surface area (Å²) in [5.41, 5.74) is 5.87. The van der Waals surface area contributed by atoms with E-state index in [2.05, 4.69) is 21.5 Å². The molecule has 0 bridgehead atoms. The van der Waals surface area contributed by atoms with Crippen molar-refractivity contribution >= 4 is 29.6 Å². The van der Waals surface area contributed by atoms with Crippen molar-refractivity contribution in [1.82, 2.24) is 43.6 Å². The Morgan fingerprint density at radius 1 is 0.985 bits per heavy atom. The molecule has 0 radical (unpaired) electrons. The van der Waals surface area contributed by atoms with E-state index >= 15 is 9.18 Å². The maximum atomic E-state index is 15.4. The number of fused-ring (bicyclic) bond motifs is 2. The van der Waals surface area contributed by atoms with Gasteiger partial charge >= 0.3 is 11.4 Å². The normalized spacial score (nSPS) is 17.5. The molecule has 2 aliphatic heterocycles. The third-order valence-electron chi connectivity index (χ3n) is 14.0. The second-order valence-electron chi connectivity index (χ2n) is 17.6. The van der Waals surface area contributed by atoms with Crippen LogP contribution in [0.3, 0.4) is 0 Å². The number of nitrogens with zero attached hydrogens (tertiary/aromatic N) is 8. The number of anilines is 1. The molecule has 338 valence electrons. The third-order valence-corrected chi connectivity index (χ3v) is 17.3. The highest BCUT2D eigenvalue weighted by Crippen LogP contribution is 2.55. The molecule has 3 aliphatic rings. The molecule has 1 amide bonds. The Morgan fingerprint density at radius 3 is 2.37 bits per heavy atom. The largest absolute Gasteiger partial charge is 0.438 e. The number of rotatable bonds is 11. The SMILES string of the molecule is CCP(=O)(CC)c1ccc(-n2ccn(-c3c(-c4cc(C)c(F)c(C)c4)nn4c3[C@H](C)N(C(=O)c3nn5cc(C6CCOCC6)ccc5c3C3(c5noc(=O)[nH]5)CC3)CC4)c2=O)cc1NC. The molecule has 7 heterocycles. The number of aromatic nitrogens is 8. The average Bonchev–Trinajstić information content (AvgIpc) is 3.60. The number of halogens is 1. The van der Waals surface area contributed by atoms with Gasteiger partial charge in [-0.3, -0.25) is 28.1 Å². The molecule has 1 saturated heterocycles. The lowest BCUT2D eigenvalue weighted by molar-refractivity contribution is 0.0628. The van der Waals surface area contributed by atoms with E-state index < -0.39 is 30.0 Å². The van der Waals surface area contributed by atoms with Crippen LogP contribution in [0.5, 0.6) is 0 Å². The molecule has 1 saturated carbocycles. The molecule has 2 fully saturated rings. The van der Waals surface area contributed by atoms with Crippen LogP contribution in [0.4, 0.5) is 10.1 Å². The molecule has 1 atom stereocenters. The van der Waals surface area contributed by atoms with Gasteiger partial charge in [0.15, 0.2) is 11.5 Å². The summed E-state index contributed by atoms with van der Waals surface area (Å²) >= 11 is 0. The molecule has 65 heavy (non-hydrogen) atoms. The van der Waals surface area contributed by atoms with Crippen LogP contribution >= 0.6 is 7.14 Å². The molecule has 2 aromatic carbocycles. The molecular formula is C47H52FN10O6P. The fourth-order valence-corrected chi connectivity index (χ4v) is 12.3. The van der Waals surface area contributed by atoms with Gasteiger partial charge in [-0.15, -0.1) is 0 Å². The number of hydrogen-bond donors (Lipinski definition) is 2. The van der Waals surface area contributed by atoms with Gasteiger partial charge in [-0.2, -0.15) is 10.2 Å². The predicted molar refractivity (Wildman–Crippen MR) is 244 cm³/mol. The summed E-state index contributed by atoms with van der Waals surface area (Å²) < 4.78 is 46.3. The highest BCUT2D eigenvalue weighted by atomic mass is 31.2. The lowest BCUT2D eigenvalue weighted by Crippen LogP contribution is -2.42. The van der Waals surface area contributed by atoms with Crippen LogP contribution in [0, 0.1) is 19.7 Å². The van der Waals surface area contributed by atoms with Crippen molar-refractivity contribution in [3.8, 4) is 22.6 Å². The van der Waals surface area contributed by atoms with Gasteiger partial charge in [-0.1, -0.05) is 25.1 Å². The number of carbonyl (C=O) groups excluding carboxylic acids is 1. The second kappa shape index (κ2) is 16.0. The average molecular weight is 903 g/mol. The third kappa shape index (κ3) is 6.84. The Labute approximate surface area is 373 Å². The van der Waals surface area contributed by atoms with E-state index in [-0.39, 0.29) is 29.9 Å². The van der Waals surface area contributed by atoms with Crippen LogP contribution in [0.1, 0.15) is 103 Å². The zero-order valence-corrected chi connectivity index (χ0v) is 38.2. The van der Waals surface area contributed by atoms with Crippen molar-refractivity contribution in [3.05, 3.63) is 127 Å². The molecule has 5 aromatic heterocycles. The minimum absolute atomic E-state index is 0.240. The first-order chi connectivity index (χ1) is 31.3. The van der Waals surface area contributed by atoms with Crippen LogP contribution < -0.4 is 22.1 Å². The van der Waals surface area contributed by atoms with E-state index in [4.69, 9.17) is 19.5 Å². The number of imidazole rings is 1. The van der Waals surface area contributed by atoms with Gasteiger partial charge in [-0.25, -0.2) is 18.5 Å². The number of pyridine rings is 1. The van der Waals surface area contributed by atoms with E-state index in [1.807, 2.05) is 55.9 Å². The molecule has 18 heteroatoms. The smallest absolute Gasteiger partial charge is 0.387 e. The van der Waals surface area contributed by atoms with Crippen LogP contribution in [0.25, 0.3) is 28.1 Å². The van der Waals surface area contributed by atoms with Gasteiger partial charge in [-0.05, 0) is 105 Å². The maximum Gasteiger partial charge on any atom is 0.438 e. The molecule has 2 N–H and O–H groups in total. The summed E-state index contributed by atoms with van der Waals surface area (Å²) in [6.07, 6.45) is 9.41. The molecule has 10 rings (SSSR count). The van der Waals surface area contributed by atoms with Crippen molar-refractivity contribution in [2.45, 2.75) is 84.2 Å². The Hall–Kier alpha value is -6.32. The Bertz CT molecular complexity index is 3170. The number of H-pyrrole nitrogens is 1. The standard InChI is InChI=1S/C47H52FN10O6P/c1-7-65(62,8-2)36-12-10-33(25-34(36)49-6)55-17-18-56(46(55)61)42-39(32-23-27(3)38(48)28(4)24-32)51-57-20-19-54(29(5)41(42)57)43(59)40-37(47(15-16-47)44-50-45(60)64-53-44)35-11-9-31(26-58(35)52-40)30-13-21-63-22-14-30/h9-12,17-18,23-26,29-30,49H,7-8,13-16,19-22H2,1-6H3,(H,50,53,60)/t29-/m0/s1. The molecule has 1 aliphatic carbocycles. The van der Waals surface area contributed by atoms with Crippen LogP contribution in [-0.4, -0.2) is 88.6 Å². The first-order valence-corrected chi connectivity index (χ1v) is 24.5. The van der Waals surface area contributed by atoms with E-state index in [1.54, 1.807) is 54.8 Å². The van der Waals surface area contributed by atoms with Gasteiger partial charge in [0, 0.05) is 79.8 Å². The van der Waals surface area contributed by atoms with Crippen LogP contribution in [-0.2, 0) is 21.3 Å². The quantitative estimate of drug-likeness (QED) is 0.131. The minimum atomic E-state index is -2.65. The first-order valence-electron chi connectivity index (χ1n) is 22.4. The Morgan fingerprint density at radius 2 is 1.71 bits per heavy atom. The number of nitrogens with one attached hydrogen (secondary N) is 2. The highest BCUT2D eigenvalue weighted by Gasteiger charge is 2.54. The Kier molecular flexibility index (Phi) is 10.5. The van der Waals surface area contributed by atoms with Gasteiger partial charge in [0.05, 0.1) is 34.9 Å². The van der Waals surface area contributed by atoms with E-state index in [9.17, 15) is 14.2 Å². The molecule has 0 spiro atoms. The number of aryl methyl sites for hydroxylation is 2. The predicted octanol–water partition coefficient (Wildman–Crippen LogP) is 6.83. The summed E-state index contributed by atoms with van der Waals surface area (Å²) in [5.74, 6) is -0.678. The first kappa shape index (κ1) is 42.6. The van der Waals surface area contributed by atoms with E-state index in [0.717, 1.165) is 29.2 Å². The molecule has 7 aromatic rings. The number of benzene rings is 2. The maximum absolute atomic E-state index is 15.4. The highest BCUT2D eigenvalue weighted by molar-refractivity contribution is 7.71. The van der Waals surface area contributed by atoms with Gasteiger partial charge in [0.1, 0.15) is 24.3 Å². The number of amides is 1. The second-order valence-corrected chi connectivity index (χ2v) is 21.2. The number of aromatic amines is 1. The summed E-state index contributed by atoms with van der Waals surface area (Å²) in [5, 5.41) is 18.2. The summed E-state index contributed by atoms with van der Waals surface area (Å²) in [6, 6.07) is 12.4. The van der Waals surface area contributed by atoms with Crippen molar-refractivity contribution < 1.29 is 23.0 Å². The van der Waals surface area contributed by atoms with Gasteiger partial charge in [0.2, 0.25) is 0 Å². The van der Waals surface area contributed by atoms with Crippen LogP contribution in [0.2, 0.25) is 0 Å². The molecular weight excluding hydrogens is 851 g/mol. The number of hydrogen-bond acceptors (Lipinski definition) is 10. The van der Waals surface area contributed by atoms with Crippen molar-refractivity contribution in [2.24, 2.45) is 0 Å². The molecule has 0 unspecified atom stereocenters. The van der Waals surface area contributed by atoms with Crippen molar-refractivity contribution in [1.29, 1.82) is 0 Å². The zero-order chi connectivity index (χ0) is 45.5. The van der Waals surface area contributed by atoms with Crippen LogP contribution in [0.15, 0.2) is 75.2 Å². The monoisotopic (exact) mass is 902 g/mol. The van der Waals surface area contributed by atoms with Crippen molar-refractivity contribution in [3.63, 3.8) is 0 Å². The number of ether oxygens (including phenoxy) is 1. The van der Waals surface area contributed by atoms with Gasteiger partial charge in [0.25, 0.3) is 5.91 Å². The zero-order valence-electron chi connectivity index (χ0n) is 37.4. The Balaban J connectivity index is 1.10. The summed E-state index contributed by atoms with van der Waals surface area (Å²) in [6.45, 7) is 11.1. The van der Waals surface area contributed by atoms with Gasteiger partial charge < -0.3 is 19.5 Å². The summed E-state index contributed by atoms with van der Waals surface area (Å²) in [7, 11) is -0.876.